The standard InChI is InChI=1S/C16H24O5S/c1-5-20-12(3)15(16(17)21-6-2)11-13-7-9-14(10-8-13)22(4,18)19/h7-10,12,15H,5-6,11H2,1-4H3. The van der Waals surface area contributed by atoms with Gasteiger partial charge in [0.2, 0.25) is 0 Å². The molecule has 0 N–H and O–H groups in total. The molecule has 0 saturated heterocycles. The van der Waals surface area contributed by atoms with Gasteiger partial charge in [-0.15, -0.1) is 0 Å². The van der Waals surface area contributed by atoms with Crippen LogP contribution in [0.4, 0.5) is 0 Å². The molecule has 5 nitrogen and oxygen atoms in total. The first-order chi connectivity index (χ1) is 10.3. The Kier molecular flexibility index (Phi) is 7.03. The molecular formula is C16H24O5S. The predicted molar refractivity (Wildman–Crippen MR) is 84.5 cm³/mol. The van der Waals surface area contributed by atoms with Crippen LogP contribution in [0.3, 0.4) is 0 Å². The molecule has 22 heavy (non-hydrogen) atoms. The highest BCUT2D eigenvalue weighted by atomic mass is 32.2. The Balaban J connectivity index is 2.91. The molecule has 6 heteroatoms. The van der Waals surface area contributed by atoms with E-state index in [4.69, 9.17) is 9.47 Å². The van der Waals surface area contributed by atoms with Crippen LogP contribution in [0.2, 0.25) is 0 Å². The summed E-state index contributed by atoms with van der Waals surface area (Å²) in [4.78, 5) is 12.4. The van der Waals surface area contributed by atoms with E-state index < -0.39 is 15.8 Å². The quantitative estimate of drug-likeness (QED) is 0.685. The van der Waals surface area contributed by atoms with Crippen LogP contribution in [-0.4, -0.2) is 40.0 Å². The van der Waals surface area contributed by atoms with Gasteiger partial charge < -0.3 is 9.47 Å². The van der Waals surface area contributed by atoms with Crippen LogP contribution in [0.25, 0.3) is 0 Å². The average Bonchev–Trinajstić information content (AvgIpc) is 2.44. The molecule has 2 unspecified atom stereocenters. The van der Waals surface area contributed by atoms with E-state index in [2.05, 4.69) is 0 Å². The molecule has 1 aromatic carbocycles. The van der Waals surface area contributed by atoms with E-state index in [0.29, 0.717) is 19.6 Å². The number of sulfone groups is 1. The lowest BCUT2D eigenvalue weighted by molar-refractivity contribution is -0.153. The Hall–Kier alpha value is -1.40. The largest absolute Gasteiger partial charge is 0.466 e. The monoisotopic (exact) mass is 328 g/mol. The predicted octanol–water partition coefficient (Wildman–Crippen LogP) is 2.24. The second-order valence-electron chi connectivity index (χ2n) is 5.14. The van der Waals surface area contributed by atoms with Gasteiger partial charge in [-0.1, -0.05) is 12.1 Å². The molecule has 2 atom stereocenters. The van der Waals surface area contributed by atoms with Gasteiger partial charge in [0.25, 0.3) is 0 Å². The van der Waals surface area contributed by atoms with Gasteiger partial charge in [0.15, 0.2) is 9.84 Å². The number of carbonyl (C=O) groups is 1. The number of ether oxygens (including phenoxy) is 2. The molecule has 0 aliphatic rings. The summed E-state index contributed by atoms with van der Waals surface area (Å²) in [6, 6.07) is 6.55. The fourth-order valence-corrected chi connectivity index (χ4v) is 2.83. The maximum Gasteiger partial charge on any atom is 0.311 e. The van der Waals surface area contributed by atoms with Crippen LogP contribution < -0.4 is 0 Å². The van der Waals surface area contributed by atoms with Gasteiger partial charge >= 0.3 is 5.97 Å². The molecule has 0 heterocycles. The Morgan fingerprint density at radius 2 is 1.73 bits per heavy atom. The average molecular weight is 328 g/mol. The maximum absolute atomic E-state index is 12.1. The first-order valence-electron chi connectivity index (χ1n) is 7.36. The van der Waals surface area contributed by atoms with Crippen molar-refractivity contribution in [1.29, 1.82) is 0 Å². The summed E-state index contributed by atoms with van der Waals surface area (Å²) < 4.78 is 33.5. The number of hydrogen-bond donors (Lipinski definition) is 0. The molecule has 0 aliphatic carbocycles. The van der Waals surface area contributed by atoms with Crippen molar-refractivity contribution in [3.05, 3.63) is 29.8 Å². The molecule has 0 saturated carbocycles. The molecule has 0 bridgehead atoms. The van der Waals surface area contributed by atoms with E-state index in [1.807, 2.05) is 13.8 Å². The molecule has 0 aliphatic heterocycles. The smallest absolute Gasteiger partial charge is 0.311 e. The van der Waals surface area contributed by atoms with E-state index in [1.165, 1.54) is 6.26 Å². The van der Waals surface area contributed by atoms with E-state index in [1.54, 1.807) is 31.2 Å². The van der Waals surface area contributed by atoms with Gasteiger partial charge in [-0.3, -0.25) is 4.79 Å². The third-order valence-corrected chi connectivity index (χ3v) is 4.52. The van der Waals surface area contributed by atoms with Gasteiger partial charge in [-0.25, -0.2) is 8.42 Å². The van der Waals surface area contributed by atoms with Crippen molar-refractivity contribution in [2.24, 2.45) is 5.92 Å². The molecule has 0 spiro atoms. The third kappa shape index (κ3) is 5.42. The zero-order chi connectivity index (χ0) is 16.8. The Morgan fingerprint density at radius 3 is 2.18 bits per heavy atom. The number of esters is 1. The van der Waals surface area contributed by atoms with E-state index in [9.17, 15) is 13.2 Å². The molecule has 1 rings (SSSR count). The van der Waals surface area contributed by atoms with E-state index >= 15 is 0 Å². The Bertz CT molecular complexity index is 577. The van der Waals surface area contributed by atoms with Gasteiger partial charge in [-0.05, 0) is 44.9 Å². The summed E-state index contributed by atoms with van der Waals surface area (Å²) in [5.74, 6) is -0.709. The van der Waals surface area contributed by atoms with Crippen molar-refractivity contribution in [3.63, 3.8) is 0 Å². The molecular weight excluding hydrogens is 304 g/mol. The molecule has 124 valence electrons. The van der Waals surface area contributed by atoms with Crippen molar-refractivity contribution in [2.45, 2.75) is 38.2 Å². The maximum atomic E-state index is 12.1. The number of hydrogen-bond acceptors (Lipinski definition) is 5. The Morgan fingerprint density at radius 1 is 1.14 bits per heavy atom. The topological polar surface area (TPSA) is 69.7 Å². The molecule has 0 amide bonds. The zero-order valence-electron chi connectivity index (χ0n) is 13.5. The summed E-state index contributed by atoms with van der Waals surface area (Å²) in [5.41, 5.74) is 0.872. The second kappa shape index (κ2) is 8.29. The van der Waals surface area contributed by atoms with E-state index in [0.717, 1.165) is 5.56 Å². The molecule has 0 radical (unpaired) electrons. The van der Waals surface area contributed by atoms with Gasteiger partial charge in [0.1, 0.15) is 0 Å². The number of carbonyl (C=O) groups excluding carboxylic acids is 1. The lowest BCUT2D eigenvalue weighted by atomic mass is 9.94. The SMILES string of the molecule is CCOC(=O)C(Cc1ccc(S(C)(=O)=O)cc1)C(C)OCC. The molecule has 0 fully saturated rings. The van der Waals surface area contributed by atoms with Crippen molar-refractivity contribution >= 4 is 15.8 Å². The van der Waals surface area contributed by atoms with Crippen molar-refractivity contribution in [1.82, 2.24) is 0 Å². The van der Waals surface area contributed by atoms with Crippen LogP contribution >= 0.6 is 0 Å². The minimum atomic E-state index is -3.21. The van der Waals surface area contributed by atoms with Crippen LogP contribution in [-0.2, 0) is 30.5 Å². The highest BCUT2D eigenvalue weighted by Gasteiger charge is 2.27. The minimum Gasteiger partial charge on any atom is -0.466 e. The number of rotatable bonds is 8. The summed E-state index contributed by atoms with van der Waals surface area (Å²) in [6.07, 6.45) is 1.35. The third-order valence-electron chi connectivity index (χ3n) is 3.39. The summed E-state index contributed by atoms with van der Waals surface area (Å²) in [5, 5.41) is 0. The minimum absolute atomic E-state index is 0.265. The Labute approximate surface area is 132 Å². The van der Waals surface area contributed by atoms with Gasteiger partial charge in [0, 0.05) is 12.9 Å². The van der Waals surface area contributed by atoms with Crippen LogP contribution in [0.15, 0.2) is 29.2 Å². The normalized spacial score (nSPS) is 14.4. The first-order valence-corrected chi connectivity index (χ1v) is 9.26. The highest BCUT2D eigenvalue weighted by Crippen LogP contribution is 2.19. The van der Waals surface area contributed by atoms with Crippen LogP contribution in [0, 0.1) is 5.92 Å². The van der Waals surface area contributed by atoms with Crippen LogP contribution in [0.5, 0.6) is 0 Å². The summed E-state index contributed by atoms with van der Waals surface area (Å²) >= 11 is 0. The molecule has 0 aromatic heterocycles. The van der Waals surface area contributed by atoms with E-state index in [-0.39, 0.29) is 17.0 Å². The lowest BCUT2D eigenvalue weighted by Crippen LogP contribution is -2.32. The highest BCUT2D eigenvalue weighted by molar-refractivity contribution is 7.90. The fraction of sp³-hybridized carbons (Fsp3) is 0.562. The number of benzene rings is 1. The van der Waals surface area contributed by atoms with Gasteiger partial charge in [-0.2, -0.15) is 0 Å². The lowest BCUT2D eigenvalue weighted by Gasteiger charge is -2.22. The van der Waals surface area contributed by atoms with Crippen molar-refractivity contribution in [3.8, 4) is 0 Å². The van der Waals surface area contributed by atoms with Crippen LogP contribution in [0.1, 0.15) is 26.3 Å². The summed E-state index contributed by atoms with van der Waals surface area (Å²) in [6.45, 7) is 6.32. The summed E-state index contributed by atoms with van der Waals surface area (Å²) in [7, 11) is -3.21. The zero-order valence-corrected chi connectivity index (χ0v) is 14.4. The molecule has 1 aromatic rings. The first kappa shape index (κ1) is 18.6. The van der Waals surface area contributed by atoms with Crippen molar-refractivity contribution < 1.29 is 22.7 Å². The van der Waals surface area contributed by atoms with Crippen molar-refractivity contribution in [2.75, 3.05) is 19.5 Å². The second-order valence-corrected chi connectivity index (χ2v) is 7.15. The van der Waals surface area contributed by atoms with Gasteiger partial charge in [0.05, 0.1) is 23.5 Å². The fourth-order valence-electron chi connectivity index (χ4n) is 2.20.